The van der Waals surface area contributed by atoms with Gasteiger partial charge in [0, 0.05) is 18.3 Å². The highest BCUT2D eigenvalue weighted by Crippen LogP contribution is 2.25. The Balaban J connectivity index is 1.83. The van der Waals surface area contributed by atoms with Crippen LogP contribution in [0.25, 0.3) is 0 Å². The lowest BCUT2D eigenvalue weighted by molar-refractivity contribution is 0.677. The minimum absolute atomic E-state index is 0.770. The van der Waals surface area contributed by atoms with Crippen LogP contribution in [0.15, 0.2) is 18.5 Å². The second-order valence-corrected chi connectivity index (χ2v) is 5.77. The summed E-state index contributed by atoms with van der Waals surface area (Å²) < 4.78 is 0. The van der Waals surface area contributed by atoms with Crippen LogP contribution in [0.4, 0.5) is 11.4 Å². The van der Waals surface area contributed by atoms with E-state index in [0.717, 1.165) is 29.7 Å². The second kappa shape index (κ2) is 6.74. The van der Waals surface area contributed by atoms with E-state index in [1.165, 1.54) is 25.0 Å². The van der Waals surface area contributed by atoms with Crippen molar-refractivity contribution in [1.82, 2.24) is 4.98 Å². The van der Waals surface area contributed by atoms with Gasteiger partial charge in [-0.1, -0.05) is 6.42 Å². The van der Waals surface area contributed by atoms with Gasteiger partial charge in [0.05, 0.1) is 23.8 Å². The van der Waals surface area contributed by atoms with Crippen LogP contribution >= 0.6 is 11.8 Å². The van der Waals surface area contributed by atoms with Crippen molar-refractivity contribution in [2.75, 3.05) is 29.5 Å². The topological polar surface area (TPSA) is 37.0 Å². The lowest BCUT2D eigenvalue weighted by atomic mass is 10.2. The zero-order valence-corrected chi connectivity index (χ0v) is 11.2. The molecule has 17 heavy (non-hydrogen) atoms. The number of nitrogens with zero attached hydrogens (tertiary/aromatic N) is 1. The number of thioether (sulfide) groups is 1. The van der Waals surface area contributed by atoms with E-state index < -0.39 is 0 Å². The van der Waals surface area contributed by atoms with Crippen LogP contribution in [0.2, 0.25) is 0 Å². The maximum Gasteiger partial charge on any atom is 0.0547 e. The van der Waals surface area contributed by atoms with Crippen molar-refractivity contribution in [2.45, 2.75) is 31.4 Å². The minimum Gasteiger partial charge on any atom is -0.384 e. The fourth-order valence-corrected chi connectivity index (χ4v) is 3.28. The Kier molecular flexibility index (Phi) is 4.98. The number of hydrogen-bond acceptors (Lipinski definition) is 4. The van der Waals surface area contributed by atoms with Crippen LogP contribution in [0.5, 0.6) is 0 Å². The van der Waals surface area contributed by atoms with Gasteiger partial charge in [-0.15, -0.1) is 0 Å². The third kappa shape index (κ3) is 4.11. The highest BCUT2D eigenvalue weighted by Gasteiger charge is 2.13. The number of rotatable bonds is 5. The van der Waals surface area contributed by atoms with Crippen molar-refractivity contribution >= 4 is 23.1 Å². The summed E-state index contributed by atoms with van der Waals surface area (Å²) in [6, 6.07) is 2.13. The zero-order chi connectivity index (χ0) is 11.9. The molecule has 0 radical (unpaired) electrons. The molecule has 1 atom stereocenters. The zero-order valence-electron chi connectivity index (χ0n) is 10.4. The molecule has 1 fully saturated rings. The first-order valence-corrected chi connectivity index (χ1v) is 7.47. The number of hydrogen-bond donors (Lipinski definition) is 2. The average molecular weight is 251 g/mol. The first kappa shape index (κ1) is 12.6. The Hall–Kier alpha value is -0.900. The van der Waals surface area contributed by atoms with Crippen molar-refractivity contribution in [3.8, 4) is 0 Å². The lowest BCUT2D eigenvalue weighted by Crippen LogP contribution is -2.20. The maximum absolute atomic E-state index is 4.24. The largest absolute Gasteiger partial charge is 0.384 e. The van der Waals surface area contributed by atoms with E-state index in [1.807, 2.05) is 12.4 Å². The molecule has 0 saturated carbocycles. The molecule has 3 nitrogen and oxygen atoms in total. The Morgan fingerprint density at radius 2 is 2.12 bits per heavy atom. The molecule has 0 aliphatic carbocycles. The normalized spacial score (nSPS) is 19.9. The lowest BCUT2D eigenvalue weighted by Gasteiger charge is -2.22. The summed E-state index contributed by atoms with van der Waals surface area (Å²) in [6.07, 6.45) is 7.88. The van der Waals surface area contributed by atoms with E-state index in [2.05, 4.69) is 40.4 Å². The first-order valence-electron chi connectivity index (χ1n) is 6.43. The highest BCUT2D eigenvalue weighted by atomic mass is 32.2. The van der Waals surface area contributed by atoms with E-state index in [-0.39, 0.29) is 0 Å². The third-order valence-corrected chi connectivity index (χ3v) is 4.33. The van der Waals surface area contributed by atoms with Crippen LogP contribution in [0, 0.1) is 0 Å². The van der Waals surface area contributed by atoms with Gasteiger partial charge in [0.25, 0.3) is 0 Å². The molecular formula is C13H21N3S. The minimum atomic E-state index is 0.770. The SMILES string of the molecule is CCNc1cncc(NCC2CCCCS2)c1. The number of aromatic nitrogens is 1. The summed E-state index contributed by atoms with van der Waals surface area (Å²) in [5.74, 6) is 1.32. The molecule has 1 aliphatic heterocycles. The number of pyridine rings is 1. The molecule has 2 rings (SSSR count). The molecule has 1 aliphatic rings. The van der Waals surface area contributed by atoms with Crippen molar-refractivity contribution in [1.29, 1.82) is 0 Å². The molecular weight excluding hydrogens is 230 g/mol. The molecule has 1 unspecified atom stereocenters. The van der Waals surface area contributed by atoms with Gasteiger partial charge in [0.2, 0.25) is 0 Å². The Labute approximate surface area is 108 Å². The Morgan fingerprint density at radius 3 is 2.82 bits per heavy atom. The smallest absolute Gasteiger partial charge is 0.0547 e. The molecule has 0 aromatic carbocycles. The van der Waals surface area contributed by atoms with Crippen LogP contribution in [0.1, 0.15) is 26.2 Å². The molecule has 1 aromatic heterocycles. The molecule has 0 bridgehead atoms. The van der Waals surface area contributed by atoms with Crippen LogP contribution in [-0.4, -0.2) is 29.1 Å². The summed E-state index contributed by atoms with van der Waals surface area (Å²) in [5.41, 5.74) is 2.21. The fraction of sp³-hybridized carbons (Fsp3) is 0.615. The number of nitrogens with one attached hydrogen (secondary N) is 2. The molecule has 1 saturated heterocycles. The van der Waals surface area contributed by atoms with Gasteiger partial charge in [-0.25, -0.2) is 0 Å². The third-order valence-electron chi connectivity index (χ3n) is 2.93. The van der Waals surface area contributed by atoms with Gasteiger partial charge in [-0.2, -0.15) is 11.8 Å². The van der Waals surface area contributed by atoms with Crippen molar-refractivity contribution in [3.63, 3.8) is 0 Å². The molecule has 1 aromatic rings. The maximum atomic E-state index is 4.24. The second-order valence-electron chi connectivity index (χ2n) is 4.36. The molecule has 94 valence electrons. The van der Waals surface area contributed by atoms with E-state index >= 15 is 0 Å². The average Bonchev–Trinajstić information content (AvgIpc) is 2.39. The summed E-state index contributed by atoms with van der Waals surface area (Å²) >= 11 is 2.10. The van der Waals surface area contributed by atoms with Crippen LogP contribution in [0.3, 0.4) is 0 Å². The molecule has 0 amide bonds. The highest BCUT2D eigenvalue weighted by molar-refractivity contribution is 7.99. The molecule has 2 N–H and O–H groups in total. The molecule has 2 heterocycles. The summed E-state index contributed by atoms with van der Waals surface area (Å²) in [5, 5.41) is 7.54. The first-order chi connectivity index (χ1) is 8.38. The van der Waals surface area contributed by atoms with E-state index in [4.69, 9.17) is 0 Å². The van der Waals surface area contributed by atoms with Gasteiger partial charge in [-0.05, 0) is 31.6 Å². The molecule has 4 heteroatoms. The van der Waals surface area contributed by atoms with E-state index in [1.54, 1.807) is 0 Å². The standard InChI is InChI=1S/C13H21N3S/c1-2-15-11-7-12(9-14-8-11)16-10-13-5-3-4-6-17-13/h7-9,13,15-16H,2-6,10H2,1H3. The quantitative estimate of drug-likeness (QED) is 0.842. The fourth-order valence-electron chi connectivity index (χ4n) is 2.04. The van der Waals surface area contributed by atoms with Crippen molar-refractivity contribution in [2.24, 2.45) is 0 Å². The van der Waals surface area contributed by atoms with Crippen LogP contribution < -0.4 is 10.6 Å². The summed E-state index contributed by atoms with van der Waals surface area (Å²) in [6.45, 7) is 4.09. The number of anilines is 2. The predicted molar refractivity (Wildman–Crippen MR) is 77.0 cm³/mol. The van der Waals surface area contributed by atoms with Crippen molar-refractivity contribution < 1.29 is 0 Å². The van der Waals surface area contributed by atoms with Gasteiger partial charge < -0.3 is 10.6 Å². The van der Waals surface area contributed by atoms with Gasteiger partial charge >= 0.3 is 0 Å². The van der Waals surface area contributed by atoms with Gasteiger partial charge in [0.15, 0.2) is 0 Å². The van der Waals surface area contributed by atoms with E-state index in [9.17, 15) is 0 Å². The van der Waals surface area contributed by atoms with Gasteiger partial charge in [-0.3, -0.25) is 4.98 Å². The van der Waals surface area contributed by atoms with Crippen molar-refractivity contribution in [3.05, 3.63) is 18.5 Å². The Morgan fingerprint density at radius 1 is 1.29 bits per heavy atom. The van der Waals surface area contributed by atoms with Crippen LogP contribution in [-0.2, 0) is 0 Å². The monoisotopic (exact) mass is 251 g/mol. The summed E-state index contributed by atoms with van der Waals surface area (Å²) in [4.78, 5) is 4.24. The van der Waals surface area contributed by atoms with E-state index in [0.29, 0.717) is 0 Å². The molecule has 0 spiro atoms. The van der Waals surface area contributed by atoms with Gasteiger partial charge in [0.1, 0.15) is 0 Å². The summed E-state index contributed by atoms with van der Waals surface area (Å²) in [7, 11) is 0. The Bertz CT molecular complexity index is 337. The predicted octanol–water partition coefficient (Wildman–Crippen LogP) is 3.21.